The van der Waals surface area contributed by atoms with E-state index < -0.39 is 5.60 Å². The van der Waals surface area contributed by atoms with Crippen molar-refractivity contribution in [3.8, 4) is 0 Å². The van der Waals surface area contributed by atoms with Crippen LogP contribution in [-0.4, -0.2) is 44.6 Å². The topological polar surface area (TPSA) is 54.2 Å². The molecule has 0 radical (unpaired) electrons. The Bertz CT molecular complexity index is 885. The van der Waals surface area contributed by atoms with Crippen LogP contribution in [0, 0.1) is 5.82 Å². The van der Waals surface area contributed by atoms with Gasteiger partial charge in [0.15, 0.2) is 0 Å². The first kappa shape index (κ1) is 18.1. The summed E-state index contributed by atoms with van der Waals surface area (Å²) < 4.78 is 15.1. The lowest BCUT2D eigenvalue weighted by molar-refractivity contribution is -0.0261. The molecule has 0 saturated carbocycles. The first-order valence-electron chi connectivity index (χ1n) is 9.63. The zero-order chi connectivity index (χ0) is 18.7. The van der Waals surface area contributed by atoms with E-state index in [1.165, 1.54) is 12.1 Å². The van der Waals surface area contributed by atoms with Crippen LogP contribution in [0.25, 0.3) is 11.0 Å². The number of fused-ring (bicyclic) bond motifs is 1. The van der Waals surface area contributed by atoms with E-state index in [9.17, 15) is 9.50 Å². The molecular formula is C21H25FN4O. The Labute approximate surface area is 158 Å². The Morgan fingerprint density at radius 3 is 2.44 bits per heavy atom. The largest absolute Gasteiger partial charge is 0.385 e. The van der Waals surface area contributed by atoms with Crippen LogP contribution in [0.2, 0.25) is 0 Å². The van der Waals surface area contributed by atoms with Gasteiger partial charge in [0.05, 0.1) is 11.1 Å². The summed E-state index contributed by atoms with van der Waals surface area (Å²) in [6.45, 7) is 3.61. The summed E-state index contributed by atoms with van der Waals surface area (Å²) in [6, 6.07) is 14.3. The third-order valence-electron chi connectivity index (χ3n) is 5.58. The summed E-state index contributed by atoms with van der Waals surface area (Å²) >= 11 is 0. The molecule has 2 aromatic carbocycles. The zero-order valence-corrected chi connectivity index (χ0v) is 15.4. The third kappa shape index (κ3) is 4.01. The number of likely N-dealkylation sites (tertiary alicyclic amines) is 1. The van der Waals surface area contributed by atoms with Gasteiger partial charge in [0, 0.05) is 19.6 Å². The SMILES string of the molecule is OC1(c2ccc(F)cc2)CCN(CCCCn2nnc3ccccc32)CC1. The number of halogens is 1. The maximum atomic E-state index is 13.1. The van der Waals surface area contributed by atoms with E-state index in [-0.39, 0.29) is 5.82 Å². The molecule has 1 aliphatic heterocycles. The number of nitrogens with zero attached hydrogens (tertiary/aromatic N) is 4. The van der Waals surface area contributed by atoms with E-state index in [4.69, 9.17) is 0 Å². The molecule has 0 atom stereocenters. The minimum absolute atomic E-state index is 0.264. The molecule has 1 aliphatic rings. The van der Waals surface area contributed by atoms with Crippen LogP contribution in [-0.2, 0) is 12.1 Å². The summed E-state index contributed by atoms with van der Waals surface area (Å²) in [5.74, 6) is -0.264. The quantitative estimate of drug-likeness (QED) is 0.678. The average Bonchev–Trinajstić information content (AvgIpc) is 3.10. The predicted molar refractivity (Wildman–Crippen MR) is 103 cm³/mol. The van der Waals surface area contributed by atoms with Crippen LogP contribution < -0.4 is 0 Å². The lowest BCUT2D eigenvalue weighted by atomic mass is 9.84. The number of rotatable bonds is 6. The first-order valence-corrected chi connectivity index (χ1v) is 9.63. The highest BCUT2D eigenvalue weighted by Crippen LogP contribution is 2.32. The van der Waals surface area contributed by atoms with Gasteiger partial charge < -0.3 is 10.0 Å². The molecule has 27 heavy (non-hydrogen) atoms. The summed E-state index contributed by atoms with van der Waals surface area (Å²) in [6.07, 6.45) is 3.51. The molecule has 0 amide bonds. The molecule has 2 heterocycles. The van der Waals surface area contributed by atoms with E-state index in [0.29, 0.717) is 12.8 Å². The van der Waals surface area contributed by atoms with Crippen LogP contribution in [0.3, 0.4) is 0 Å². The Morgan fingerprint density at radius 2 is 1.67 bits per heavy atom. The fraction of sp³-hybridized carbons (Fsp3) is 0.429. The van der Waals surface area contributed by atoms with E-state index >= 15 is 0 Å². The second-order valence-electron chi connectivity index (χ2n) is 7.39. The highest BCUT2D eigenvalue weighted by Gasteiger charge is 2.33. The molecule has 5 nitrogen and oxygen atoms in total. The molecule has 1 aromatic heterocycles. The van der Waals surface area contributed by atoms with Crippen LogP contribution >= 0.6 is 0 Å². The van der Waals surface area contributed by atoms with Gasteiger partial charge in [0.1, 0.15) is 11.3 Å². The molecule has 1 saturated heterocycles. The minimum atomic E-state index is -0.830. The number of hydrogen-bond donors (Lipinski definition) is 1. The molecule has 142 valence electrons. The molecule has 1 N–H and O–H groups in total. The summed E-state index contributed by atoms with van der Waals surface area (Å²) in [5, 5.41) is 19.3. The maximum absolute atomic E-state index is 13.1. The molecule has 6 heteroatoms. The van der Waals surface area contributed by atoms with Crippen LogP contribution in [0.1, 0.15) is 31.2 Å². The van der Waals surface area contributed by atoms with Crippen molar-refractivity contribution in [3.05, 3.63) is 59.9 Å². The Morgan fingerprint density at radius 1 is 0.963 bits per heavy atom. The Hall–Kier alpha value is -2.31. The van der Waals surface area contributed by atoms with Gasteiger partial charge in [-0.1, -0.05) is 29.5 Å². The van der Waals surface area contributed by atoms with Crippen molar-refractivity contribution >= 4 is 11.0 Å². The Kier molecular flexibility index (Phi) is 5.18. The van der Waals surface area contributed by atoms with E-state index in [1.54, 1.807) is 12.1 Å². The van der Waals surface area contributed by atoms with Crippen molar-refractivity contribution < 1.29 is 9.50 Å². The van der Waals surface area contributed by atoms with E-state index in [1.807, 2.05) is 22.9 Å². The number of benzene rings is 2. The summed E-state index contributed by atoms with van der Waals surface area (Å²) in [7, 11) is 0. The third-order valence-corrected chi connectivity index (χ3v) is 5.58. The first-order chi connectivity index (χ1) is 13.1. The fourth-order valence-corrected chi connectivity index (χ4v) is 3.87. The molecule has 1 fully saturated rings. The van der Waals surface area contributed by atoms with Crippen molar-refractivity contribution in [1.82, 2.24) is 19.9 Å². The fourth-order valence-electron chi connectivity index (χ4n) is 3.87. The summed E-state index contributed by atoms with van der Waals surface area (Å²) in [5.41, 5.74) is 2.01. The van der Waals surface area contributed by atoms with E-state index in [2.05, 4.69) is 21.3 Å². The van der Waals surface area contributed by atoms with Crippen molar-refractivity contribution in [2.24, 2.45) is 0 Å². The zero-order valence-electron chi connectivity index (χ0n) is 15.4. The molecule has 0 spiro atoms. The smallest absolute Gasteiger partial charge is 0.123 e. The number of aromatic nitrogens is 3. The second-order valence-corrected chi connectivity index (χ2v) is 7.39. The monoisotopic (exact) mass is 368 g/mol. The molecule has 0 unspecified atom stereocenters. The number of unbranched alkanes of at least 4 members (excludes halogenated alkanes) is 1. The van der Waals surface area contributed by atoms with Crippen LogP contribution in [0.5, 0.6) is 0 Å². The van der Waals surface area contributed by atoms with Gasteiger partial charge in [-0.05, 0) is 62.1 Å². The minimum Gasteiger partial charge on any atom is -0.385 e. The van der Waals surface area contributed by atoms with Crippen molar-refractivity contribution in [1.29, 1.82) is 0 Å². The number of hydrogen-bond acceptors (Lipinski definition) is 4. The molecule has 0 aliphatic carbocycles. The predicted octanol–water partition coefficient (Wildman–Crippen LogP) is 3.33. The highest BCUT2D eigenvalue weighted by atomic mass is 19.1. The van der Waals surface area contributed by atoms with Crippen molar-refractivity contribution in [2.45, 2.75) is 37.8 Å². The molecular weight excluding hydrogens is 343 g/mol. The standard InChI is InChI=1S/C21H25FN4O/c22-18-9-7-17(8-10-18)21(27)11-15-25(16-12-21)13-3-4-14-26-20-6-2-1-5-19(20)23-24-26/h1-2,5-10,27H,3-4,11-16H2. The van der Waals surface area contributed by atoms with Gasteiger partial charge in [-0.25, -0.2) is 9.07 Å². The van der Waals surface area contributed by atoms with Crippen molar-refractivity contribution in [2.75, 3.05) is 19.6 Å². The summed E-state index contributed by atoms with van der Waals surface area (Å²) in [4.78, 5) is 2.40. The Balaban J connectivity index is 1.23. The van der Waals surface area contributed by atoms with Gasteiger partial charge in [-0.2, -0.15) is 0 Å². The van der Waals surface area contributed by atoms with Crippen LogP contribution in [0.4, 0.5) is 4.39 Å². The van der Waals surface area contributed by atoms with Crippen LogP contribution in [0.15, 0.2) is 48.5 Å². The lowest BCUT2D eigenvalue weighted by Crippen LogP contribution is -2.42. The number of aryl methyl sites for hydroxylation is 1. The maximum Gasteiger partial charge on any atom is 0.123 e. The second kappa shape index (κ2) is 7.74. The van der Waals surface area contributed by atoms with Gasteiger partial charge in [-0.3, -0.25) is 0 Å². The number of para-hydroxylation sites is 1. The van der Waals surface area contributed by atoms with Gasteiger partial charge in [-0.15, -0.1) is 5.10 Å². The van der Waals surface area contributed by atoms with Crippen molar-refractivity contribution in [3.63, 3.8) is 0 Å². The van der Waals surface area contributed by atoms with Gasteiger partial charge in [0.2, 0.25) is 0 Å². The average molecular weight is 368 g/mol. The van der Waals surface area contributed by atoms with E-state index in [0.717, 1.165) is 55.6 Å². The van der Waals surface area contributed by atoms with Gasteiger partial charge >= 0.3 is 0 Å². The molecule has 0 bridgehead atoms. The van der Waals surface area contributed by atoms with Gasteiger partial charge in [0.25, 0.3) is 0 Å². The highest BCUT2D eigenvalue weighted by molar-refractivity contribution is 5.73. The number of piperidine rings is 1. The molecule has 4 rings (SSSR count). The number of aliphatic hydroxyl groups is 1. The normalized spacial score (nSPS) is 17.4. The lowest BCUT2D eigenvalue weighted by Gasteiger charge is -2.38. The molecule has 3 aromatic rings.